The van der Waals surface area contributed by atoms with Crippen LogP contribution < -0.4 is 10.1 Å². The van der Waals surface area contributed by atoms with Gasteiger partial charge in [0.15, 0.2) is 5.83 Å². The van der Waals surface area contributed by atoms with Gasteiger partial charge in [0.1, 0.15) is 0 Å². The Morgan fingerprint density at radius 1 is 1.10 bits per heavy atom. The summed E-state index contributed by atoms with van der Waals surface area (Å²) >= 11 is 0. The van der Waals surface area contributed by atoms with Crippen molar-refractivity contribution in [1.29, 1.82) is 0 Å². The number of carbonyl (C=O) groups excluding carboxylic acids is 1. The summed E-state index contributed by atoms with van der Waals surface area (Å²) in [5, 5.41) is 3.71. The van der Waals surface area contributed by atoms with Crippen molar-refractivity contribution in [3.05, 3.63) is 60.0 Å². The third kappa shape index (κ3) is 9.33. The third-order valence-electron chi connectivity index (χ3n) is 4.92. The van der Waals surface area contributed by atoms with Gasteiger partial charge in [-0.15, -0.1) is 0 Å². The lowest BCUT2D eigenvalue weighted by atomic mass is 10.1. The summed E-state index contributed by atoms with van der Waals surface area (Å²) in [5.41, 5.74) is 1.33. The molecule has 0 saturated heterocycles. The minimum atomic E-state index is -0.696. The number of hydrogen-bond donors (Lipinski definition) is 1. The van der Waals surface area contributed by atoms with Gasteiger partial charge in [-0.1, -0.05) is 63.5 Å². The van der Waals surface area contributed by atoms with E-state index in [1.807, 2.05) is 56.3 Å². The van der Waals surface area contributed by atoms with Crippen molar-refractivity contribution in [3.63, 3.8) is 0 Å². The maximum atomic E-state index is 14.0. The van der Waals surface area contributed by atoms with Gasteiger partial charge in [0.05, 0.1) is 12.1 Å². The quantitative estimate of drug-likeness (QED) is 0.225. The first kappa shape index (κ1) is 24.6. The Labute approximate surface area is 185 Å². The number of halogens is 1. The minimum Gasteiger partial charge on any atom is -0.478 e. The first-order chi connectivity index (χ1) is 15.0. The zero-order valence-corrected chi connectivity index (χ0v) is 19.0. The maximum Gasteiger partial charge on any atom is 0.280 e. The lowest BCUT2D eigenvalue weighted by molar-refractivity contribution is -0.119. The van der Waals surface area contributed by atoms with Gasteiger partial charge in [-0.05, 0) is 49.8 Å². The summed E-state index contributed by atoms with van der Waals surface area (Å²) in [6.07, 6.45) is 9.97. The van der Waals surface area contributed by atoms with E-state index in [0.29, 0.717) is 30.5 Å². The van der Waals surface area contributed by atoms with E-state index in [2.05, 4.69) is 10.3 Å². The van der Waals surface area contributed by atoms with Gasteiger partial charge in [0.25, 0.3) is 5.91 Å². The number of allylic oxidation sites excluding steroid dienone is 3. The van der Waals surface area contributed by atoms with Crippen LogP contribution in [0.3, 0.4) is 0 Å². The van der Waals surface area contributed by atoms with E-state index in [9.17, 15) is 9.18 Å². The van der Waals surface area contributed by atoms with Crippen molar-refractivity contribution in [2.75, 3.05) is 13.2 Å². The van der Waals surface area contributed by atoms with Gasteiger partial charge < -0.3 is 10.1 Å². The summed E-state index contributed by atoms with van der Waals surface area (Å²) < 4.78 is 19.8. The molecule has 1 N–H and O–H groups in total. The van der Waals surface area contributed by atoms with E-state index >= 15 is 0 Å². The van der Waals surface area contributed by atoms with Crippen LogP contribution in [0.2, 0.25) is 0 Å². The van der Waals surface area contributed by atoms with Crippen LogP contribution in [0.1, 0.15) is 59.3 Å². The molecular formula is C26H35FN2O2. The SMILES string of the molecule is CC(/C=C/CCCCCCCOc1ccc2ccccc2n1)=C(\F)C(=O)NCC(C)C. The second-order valence-corrected chi connectivity index (χ2v) is 8.25. The van der Waals surface area contributed by atoms with Crippen LogP contribution in [-0.2, 0) is 4.79 Å². The molecule has 0 aliphatic heterocycles. The highest BCUT2D eigenvalue weighted by atomic mass is 19.1. The first-order valence-electron chi connectivity index (χ1n) is 11.3. The van der Waals surface area contributed by atoms with E-state index in [4.69, 9.17) is 4.74 Å². The summed E-state index contributed by atoms with van der Waals surface area (Å²) in [4.78, 5) is 16.2. The standard InChI is InChI=1S/C26H35FN2O2/c1-20(2)19-28-26(30)25(27)21(3)13-9-7-5-4-6-8-12-18-31-24-17-16-22-14-10-11-15-23(22)29-24/h9-11,13-17,20H,4-8,12,18-19H2,1-3H3,(H,28,30)/b13-9+,25-21+. The van der Waals surface area contributed by atoms with E-state index < -0.39 is 11.7 Å². The third-order valence-corrected chi connectivity index (χ3v) is 4.92. The number of benzene rings is 1. The van der Waals surface area contributed by atoms with Crippen LogP contribution in [0.4, 0.5) is 4.39 Å². The Balaban J connectivity index is 1.54. The Morgan fingerprint density at radius 3 is 2.65 bits per heavy atom. The summed E-state index contributed by atoms with van der Waals surface area (Å²) in [7, 11) is 0. The number of pyridine rings is 1. The molecule has 0 fully saturated rings. The second kappa shape index (κ2) is 13.6. The fourth-order valence-electron chi connectivity index (χ4n) is 3.09. The number of nitrogens with zero attached hydrogens (tertiary/aromatic N) is 1. The summed E-state index contributed by atoms with van der Waals surface area (Å²) in [6, 6.07) is 12.0. The van der Waals surface area contributed by atoms with Crippen LogP contribution in [-0.4, -0.2) is 24.0 Å². The van der Waals surface area contributed by atoms with E-state index in [1.54, 1.807) is 13.0 Å². The normalized spacial score (nSPS) is 12.4. The molecule has 0 spiro atoms. The van der Waals surface area contributed by atoms with Crippen LogP contribution in [0, 0.1) is 5.92 Å². The van der Waals surface area contributed by atoms with Crippen molar-refractivity contribution in [2.24, 2.45) is 5.92 Å². The van der Waals surface area contributed by atoms with Crippen LogP contribution >= 0.6 is 0 Å². The van der Waals surface area contributed by atoms with Gasteiger partial charge in [0, 0.05) is 18.0 Å². The van der Waals surface area contributed by atoms with Crippen LogP contribution in [0.25, 0.3) is 10.9 Å². The zero-order valence-electron chi connectivity index (χ0n) is 19.0. The fourth-order valence-corrected chi connectivity index (χ4v) is 3.09. The molecule has 2 rings (SSSR count). The molecule has 0 saturated carbocycles. The van der Waals surface area contributed by atoms with Crippen LogP contribution in [0.15, 0.2) is 60.0 Å². The topological polar surface area (TPSA) is 51.2 Å². The average molecular weight is 427 g/mol. The molecule has 1 heterocycles. The van der Waals surface area contributed by atoms with Gasteiger partial charge in [-0.2, -0.15) is 0 Å². The maximum absolute atomic E-state index is 14.0. The predicted molar refractivity (Wildman–Crippen MR) is 126 cm³/mol. The predicted octanol–water partition coefficient (Wildman–Crippen LogP) is 6.53. The highest BCUT2D eigenvalue weighted by Crippen LogP contribution is 2.16. The monoisotopic (exact) mass is 426 g/mol. The Hall–Kier alpha value is -2.69. The Bertz CT molecular complexity index is 890. The van der Waals surface area contributed by atoms with E-state index in [-0.39, 0.29) is 0 Å². The Kier molecular flexibility index (Phi) is 10.8. The smallest absolute Gasteiger partial charge is 0.280 e. The number of aromatic nitrogens is 1. The molecule has 0 atom stereocenters. The zero-order chi connectivity index (χ0) is 22.5. The number of rotatable bonds is 13. The summed E-state index contributed by atoms with van der Waals surface area (Å²) in [5.74, 6) is -0.346. The van der Waals surface area contributed by atoms with Gasteiger partial charge in [0.2, 0.25) is 5.88 Å². The summed E-state index contributed by atoms with van der Waals surface area (Å²) in [6.45, 7) is 6.74. The number of para-hydroxylation sites is 1. The number of hydrogen-bond acceptors (Lipinski definition) is 3. The number of ether oxygens (including phenoxy) is 1. The molecule has 0 aliphatic carbocycles. The largest absolute Gasteiger partial charge is 0.478 e. The van der Waals surface area contributed by atoms with Crippen molar-refractivity contribution in [1.82, 2.24) is 10.3 Å². The molecule has 0 bridgehead atoms. The molecule has 0 unspecified atom stereocenters. The number of nitrogens with one attached hydrogen (secondary N) is 1. The molecule has 2 aromatic rings. The van der Waals surface area contributed by atoms with Gasteiger partial charge in [-0.3, -0.25) is 4.79 Å². The minimum absolute atomic E-state index is 0.300. The molecule has 1 aromatic carbocycles. The van der Waals surface area contributed by atoms with Crippen molar-refractivity contribution in [3.8, 4) is 5.88 Å². The molecule has 1 amide bonds. The van der Waals surface area contributed by atoms with Crippen LogP contribution in [0.5, 0.6) is 5.88 Å². The van der Waals surface area contributed by atoms with Gasteiger partial charge >= 0.3 is 0 Å². The molecular weight excluding hydrogens is 391 g/mol. The highest BCUT2D eigenvalue weighted by molar-refractivity contribution is 5.92. The van der Waals surface area contributed by atoms with E-state index in [1.165, 1.54) is 0 Å². The molecule has 31 heavy (non-hydrogen) atoms. The second-order valence-electron chi connectivity index (χ2n) is 8.25. The molecule has 1 aromatic heterocycles. The number of fused-ring (bicyclic) bond motifs is 1. The number of carbonyl (C=O) groups is 1. The number of unbranched alkanes of at least 4 members (excludes halogenated alkanes) is 5. The molecule has 168 valence electrons. The van der Waals surface area contributed by atoms with Crippen molar-refractivity contribution < 1.29 is 13.9 Å². The van der Waals surface area contributed by atoms with E-state index in [0.717, 1.165) is 49.4 Å². The Morgan fingerprint density at radius 2 is 1.84 bits per heavy atom. The fraction of sp³-hybridized carbons (Fsp3) is 0.462. The first-order valence-corrected chi connectivity index (χ1v) is 11.3. The molecule has 5 heteroatoms. The van der Waals surface area contributed by atoms with Gasteiger partial charge in [-0.25, -0.2) is 9.37 Å². The molecule has 0 aliphatic rings. The van der Waals surface area contributed by atoms with Crippen molar-refractivity contribution >= 4 is 16.8 Å². The highest BCUT2D eigenvalue weighted by Gasteiger charge is 2.10. The molecule has 0 radical (unpaired) electrons. The number of amides is 1. The molecule has 4 nitrogen and oxygen atoms in total. The average Bonchev–Trinajstić information content (AvgIpc) is 2.77. The lowest BCUT2D eigenvalue weighted by Gasteiger charge is -2.07. The lowest BCUT2D eigenvalue weighted by Crippen LogP contribution is -2.27. The van der Waals surface area contributed by atoms with Crippen molar-refractivity contribution in [2.45, 2.75) is 59.3 Å².